The van der Waals surface area contributed by atoms with Crippen LogP contribution in [0.4, 0.5) is 13.2 Å². The molecule has 2 fully saturated rings. The van der Waals surface area contributed by atoms with Crippen molar-refractivity contribution in [2.75, 3.05) is 6.26 Å². The highest BCUT2D eigenvalue weighted by atomic mass is 32.2. The first-order valence-electron chi connectivity index (χ1n) is 7.43. The predicted molar refractivity (Wildman–Crippen MR) is 81.0 cm³/mol. The van der Waals surface area contributed by atoms with Crippen LogP contribution in [0.15, 0.2) is 24.3 Å². The summed E-state index contributed by atoms with van der Waals surface area (Å²) in [6.45, 7) is 0. The van der Waals surface area contributed by atoms with E-state index in [0.717, 1.165) is 37.8 Å². The van der Waals surface area contributed by atoms with Crippen LogP contribution in [-0.2, 0) is 6.18 Å². The van der Waals surface area contributed by atoms with Crippen molar-refractivity contribution >= 4 is 17.7 Å². The molecule has 1 aromatic carbocycles. The minimum absolute atomic E-state index is 0.148. The van der Waals surface area contributed by atoms with E-state index in [1.807, 2.05) is 16.7 Å². The smallest absolute Gasteiger partial charge is 0.333 e. The highest BCUT2D eigenvalue weighted by Crippen LogP contribution is 2.40. The number of hydrogen-bond acceptors (Lipinski definition) is 2. The lowest BCUT2D eigenvalue weighted by Crippen LogP contribution is -2.47. The summed E-state index contributed by atoms with van der Waals surface area (Å²) in [5.74, 6) is -0.252. The van der Waals surface area contributed by atoms with E-state index in [0.29, 0.717) is 5.25 Å². The van der Waals surface area contributed by atoms with Crippen LogP contribution in [0.3, 0.4) is 0 Å². The fourth-order valence-corrected chi connectivity index (χ4v) is 4.46. The van der Waals surface area contributed by atoms with Gasteiger partial charge in [0.2, 0.25) is 0 Å². The molecule has 2 bridgehead atoms. The van der Waals surface area contributed by atoms with Crippen LogP contribution in [0.2, 0.25) is 0 Å². The molecule has 3 atom stereocenters. The molecule has 22 heavy (non-hydrogen) atoms. The van der Waals surface area contributed by atoms with Gasteiger partial charge in [-0.3, -0.25) is 4.79 Å². The summed E-state index contributed by atoms with van der Waals surface area (Å²) in [7, 11) is 0. The Balaban J connectivity index is 1.83. The maximum absolute atomic E-state index is 12.8. The summed E-state index contributed by atoms with van der Waals surface area (Å²) >= 11 is 1.82. The van der Waals surface area contributed by atoms with Gasteiger partial charge < -0.3 is 4.90 Å². The van der Waals surface area contributed by atoms with E-state index in [9.17, 15) is 18.0 Å². The zero-order valence-electron chi connectivity index (χ0n) is 12.3. The number of halogens is 3. The second-order valence-corrected chi connectivity index (χ2v) is 7.14. The monoisotopic (exact) mass is 329 g/mol. The predicted octanol–water partition coefficient (Wildman–Crippen LogP) is 4.20. The van der Waals surface area contributed by atoms with Crippen molar-refractivity contribution in [3.63, 3.8) is 0 Å². The Kier molecular flexibility index (Phi) is 4.14. The molecule has 0 aliphatic carbocycles. The topological polar surface area (TPSA) is 20.3 Å². The molecule has 1 amide bonds. The molecule has 2 saturated heterocycles. The van der Waals surface area contributed by atoms with Crippen molar-refractivity contribution in [1.82, 2.24) is 4.90 Å². The Morgan fingerprint density at radius 3 is 2.41 bits per heavy atom. The average Bonchev–Trinajstić information content (AvgIpc) is 2.75. The molecule has 0 saturated carbocycles. The second kappa shape index (κ2) is 5.80. The van der Waals surface area contributed by atoms with Crippen molar-refractivity contribution in [1.29, 1.82) is 0 Å². The fourth-order valence-electron chi connectivity index (χ4n) is 3.63. The molecule has 0 radical (unpaired) electrons. The van der Waals surface area contributed by atoms with E-state index in [-0.39, 0.29) is 23.6 Å². The first kappa shape index (κ1) is 15.7. The minimum atomic E-state index is -4.42. The number of amides is 1. The number of carbonyl (C=O) groups excluding carboxylic acids is 1. The van der Waals surface area contributed by atoms with Gasteiger partial charge in [0.15, 0.2) is 0 Å². The largest absolute Gasteiger partial charge is 0.416 e. The Morgan fingerprint density at radius 2 is 1.86 bits per heavy atom. The molecule has 0 aromatic heterocycles. The van der Waals surface area contributed by atoms with Crippen LogP contribution in [0.1, 0.15) is 41.6 Å². The maximum atomic E-state index is 12.8. The highest BCUT2D eigenvalue weighted by Gasteiger charge is 2.43. The molecule has 3 rings (SSSR count). The third-order valence-corrected chi connectivity index (χ3v) is 5.75. The van der Waals surface area contributed by atoms with Gasteiger partial charge in [0, 0.05) is 22.9 Å². The molecule has 2 heterocycles. The van der Waals surface area contributed by atoms with Crippen LogP contribution in [0, 0.1) is 0 Å². The molecule has 1 aromatic rings. The van der Waals surface area contributed by atoms with Gasteiger partial charge in [0.25, 0.3) is 5.91 Å². The van der Waals surface area contributed by atoms with E-state index in [4.69, 9.17) is 0 Å². The van der Waals surface area contributed by atoms with Gasteiger partial charge in [-0.25, -0.2) is 0 Å². The summed E-state index contributed by atoms with van der Waals surface area (Å²) < 4.78 is 38.4. The van der Waals surface area contributed by atoms with E-state index in [1.54, 1.807) is 0 Å². The van der Waals surface area contributed by atoms with Crippen LogP contribution in [0.5, 0.6) is 0 Å². The van der Waals surface area contributed by atoms with Crippen LogP contribution >= 0.6 is 11.8 Å². The van der Waals surface area contributed by atoms with E-state index >= 15 is 0 Å². The number of rotatable bonds is 2. The quantitative estimate of drug-likeness (QED) is 0.810. The number of alkyl halides is 3. The molecule has 6 heteroatoms. The van der Waals surface area contributed by atoms with Gasteiger partial charge in [0.1, 0.15) is 0 Å². The average molecular weight is 329 g/mol. The lowest BCUT2D eigenvalue weighted by Gasteiger charge is -2.38. The van der Waals surface area contributed by atoms with Crippen LogP contribution in [0.25, 0.3) is 0 Å². The van der Waals surface area contributed by atoms with Crippen molar-refractivity contribution in [2.24, 2.45) is 0 Å². The van der Waals surface area contributed by atoms with E-state index in [1.165, 1.54) is 12.1 Å². The standard InChI is InChI=1S/C16H18F3NOS/c1-22-14-8-12-5-6-13(9-14)20(12)15(21)10-3-2-4-11(7-10)16(17,18)19/h2-4,7,12-14H,5-6,8-9H2,1H3/t12-,13+,14?. The number of hydrogen-bond donors (Lipinski definition) is 0. The number of thioether (sulfide) groups is 1. The Bertz CT molecular complexity index is 561. The van der Waals surface area contributed by atoms with Crippen molar-refractivity contribution < 1.29 is 18.0 Å². The van der Waals surface area contributed by atoms with Gasteiger partial charge >= 0.3 is 6.18 Å². The summed E-state index contributed by atoms with van der Waals surface area (Å²) in [5.41, 5.74) is -0.612. The molecule has 2 aliphatic heterocycles. The molecule has 1 unspecified atom stereocenters. The van der Waals surface area contributed by atoms with Crippen LogP contribution in [-0.4, -0.2) is 34.4 Å². The lowest BCUT2D eigenvalue weighted by molar-refractivity contribution is -0.137. The summed E-state index contributed by atoms with van der Waals surface area (Å²) in [6.07, 6.45) is 1.49. The van der Waals surface area contributed by atoms with Crippen molar-refractivity contribution in [3.8, 4) is 0 Å². The van der Waals surface area contributed by atoms with Crippen LogP contribution < -0.4 is 0 Å². The van der Waals surface area contributed by atoms with Crippen molar-refractivity contribution in [3.05, 3.63) is 35.4 Å². The first-order valence-corrected chi connectivity index (χ1v) is 8.71. The molecule has 0 N–H and O–H groups in total. The second-order valence-electron chi connectivity index (χ2n) is 6.01. The highest BCUT2D eigenvalue weighted by molar-refractivity contribution is 7.99. The Hall–Kier alpha value is -1.17. The van der Waals surface area contributed by atoms with Crippen molar-refractivity contribution in [2.45, 2.75) is 49.2 Å². The fraction of sp³-hybridized carbons (Fsp3) is 0.562. The summed E-state index contributed by atoms with van der Waals surface area (Å²) in [6, 6.07) is 5.13. The molecular formula is C16H18F3NOS. The zero-order chi connectivity index (χ0) is 15.9. The van der Waals surface area contributed by atoms with Gasteiger partial charge in [0.05, 0.1) is 5.56 Å². The summed E-state index contributed by atoms with van der Waals surface area (Å²) in [5, 5.41) is 0.558. The number of nitrogens with zero attached hydrogens (tertiary/aromatic N) is 1. The van der Waals surface area contributed by atoms with Gasteiger partial charge in [-0.15, -0.1) is 0 Å². The number of carbonyl (C=O) groups is 1. The third-order valence-electron chi connectivity index (χ3n) is 4.69. The van der Waals surface area contributed by atoms with Gasteiger partial charge in [-0.05, 0) is 50.1 Å². The van der Waals surface area contributed by atoms with E-state index < -0.39 is 11.7 Å². The molecule has 2 aliphatic rings. The third kappa shape index (κ3) is 2.85. The molecule has 2 nitrogen and oxygen atoms in total. The minimum Gasteiger partial charge on any atom is -0.333 e. The van der Waals surface area contributed by atoms with Gasteiger partial charge in [-0.1, -0.05) is 6.07 Å². The zero-order valence-corrected chi connectivity index (χ0v) is 13.1. The first-order chi connectivity index (χ1) is 10.4. The molecule has 0 spiro atoms. The SMILES string of the molecule is CSC1C[C@H]2CC[C@@H](C1)N2C(=O)c1cccc(C(F)(F)F)c1. The molecular weight excluding hydrogens is 311 g/mol. The Morgan fingerprint density at radius 1 is 1.23 bits per heavy atom. The lowest BCUT2D eigenvalue weighted by atomic mass is 10.00. The van der Waals surface area contributed by atoms with Gasteiger partial charge in [-0.2, -0.15) is 24.9 Å². The number of fused-ring (bicyclic) bond motifs is 2. The number of piperidine rings is 1. The van der Waals surface area contributed by atoms with E-state index in [2.05, 4.69) is 6.26 Å². The maximum Gasteiger partial charge on any atom is 0.416 e. The number of benzene rings is 1. The Labute approximate surface area is 132 Å². The normalized spacial score (nSPS) is 28.0. The summed E-state index contributed by atoms with van der Waals surface area (Å²) in [4.78, 5) is 14.5. The molecule has 120 valence electrons.